The highest BCUT2D eigenvalue weighted by molar-refractivity contribution is 5.79. The zero-order chi connectivity index (χ0) is 22.3. The van der Waals surface area contributed by atoms with Crippen molar-refractivity contribution in [2.75, 3.05) is 39.3 Å². The molecule has 0 N–H and O–H groups in total. The predicted molar refractivity (Wildman–Crippen MR) is 128 cm³/mol. The molecule has 0 radical (unpaired) electrons. The van der Waals surface area contributed by atoms with Gasteiger partial charge in [-0.25, -0.2) is 0 Å². The lowest BCUT2D eigenvalue weighted by Gasteiger charge is -2.34. The number of fused-ring (bicyclic) bond motifs is 1. The fourth-order valence-corrected chi connectivity index (χ4v) is 5.03. The van der Waals surface area contributed by atoms with Crippen molar-refractivity contribution in [2.24, 2.45) is 5.92 Å². The Bertz CT molecular complexity index is 882. The van der Waals surface area contributed by atoms with E-state index in [1.807, 2.05) is 4.90 Å². The SMILES string of the molecule is CCN(CC)C(=O)[C@H]1CCCN(Cc2ccc3c(c2)CN(Cc2ccccc2)CCO3)C1. The van der Waals surface area contributed by atoms with Gasteiger partial charge < -0.3 is 9.64 Å². The highest BCUT2D eigenvalue weighted by Gasteiger charge is 2.28. The summed E-state index contributed by atoms with van der Waals surface area (Å²) in [4.78, 5) is 19.8. The number of likely N-dealkylation sites (tertiary alicyclic amines) is 1. The van der Waals surface area contributed by atoms with Crippen molar-refractivity contribution in [3.63, 3.8) is 0 Å². The monoisotopic (exact) mass is 435 g/mol. The molecule has 2 aliphatic rings. The van der Waals surface area contributed by atoms with Gasteiger partial charge in [0.25, 0.3) is 0 Å². The second-order valence-corrected chi connectivity index (χ2v) is 9.07. The van der Waals surface area contributed by atoms with Crippen molar-refractivity contribution in [1.29, 1.82) is 0 Å². The van der Waals surface area contributed by atoms with Crippen LogP contribution >= 0.6 is 0 Å². The van der Waals surface area contributed by atoms with E-state index in [1.165, 1.54) is 16.7 Å². The molecule has 2 aromatic carbocycles. The van der Waals surface area contributed by atoms with Crippen molar-refractivity contribution in [1.82, 2.24) is 14.7 Å². The second kappa shape index (κ2) is 11.0. The van der Waals surface area contributed by atoms with Gasteiger partial charge in [0.2, 0.25) is 5.91 Å². The van der Waals surface area contributed by atoms with Gasteiger partial charge in [0.1, 0.15) is 12.4 Å². The quantitative estimate of drug-likeness (QED) is 0.654. The fraction of sp³-hybridized carbons (Fsp3) is 0.519. The lowest BCUT2D eigenvalue weighted by Crippen LogP contribution is -2.44. The van der Waals surface area contributed by atoms with Crippen molar-refractivity contribution in [2.45, 2.75) is 46.3 Å². The lowest BCUT2D eigenvalue weighted by molar-refractivity contribution is -0.137. The summed E-state index contributed by atoms with van der Waals surface area (Å²) in [7, 11) is 0. The molecule has 2 heterocycles. The summed E-state index contributed by atoms with van der Waals surface area (Å²) >= 11 is 0. The molecule has 1 saturated heterocycles. The van der Waals surface area contributed by atoms with Crippen LogP contribution in [0.3, 0.4) is 0 Å². The van der Waals surface area contributed by atoms with E-state index in [2.05, 4.69) is 72.2 Å². The molecule has 5 nitrogen and oxygen atoms in total. The normalized spacial score (nSPS) is 19.6. The number of rotatable bonds is 7. The number of amides is 1. The Kier molecular flexibility index (Phi) is 7.82. The minimum atomic E-state index is 0.133. The number of benzene rings is 2. The van der Waals surface area contributed by atoms with Gasteiger partial charge in [-0.1, -0.05) is 36.4 Å². The first-order valence-corrected chi connectivity index (χ1v) is 12.2. The Morgan fingerprint density at radius 3 is 2.56 bits per heavy atom. The Hall–Kier alpha value is -2.37. The van der Waals surface area contributed by atoms with E-state index in [4.69, 9.17) is 4.74 Å². The van der Waals surface area contributed by atoms with Gasteiger partial charge >= 0.3 is 0 Å². The molecule has 1 fully saturated rings. The summed E-state index contributed by atoms with van der Waals surface area (Å²) in [6.45, 7) is 12.1. The van der Waals surface area contributed by atoms with E-state index >= 15 is 0 Å². The molecule has 0 spiro atoms. The average Bonchev–Trinajstić information content (AvgIpc) is 3.02. The van der Waals surface area contributed by atoms with Crippen LogP contribution in [0.2, 0.25) is 0 Å². The highest BCUT2D eigenvalue weighted by Crippen LogP contribution is 2.27. The number of ether oxygens (including phenoxy) is 1. The molecule has 5 heteroatoms. The molecule has 0 aromatic heterocycles. The summed E-state index contributed by atoms with van der Waals surface area (Å²) in [6.07, 6.45) is 2.11. The van der Waals surface area contributed by atoms with Gasteiger partial charge in [0, 0.05) is 51.4 Å². The zero-order valence-electron chi connectivity index (χ0n) is 19.6. The molecular formula is C27H37N3O2. The predicted octanol–water partition coefficient (Wildman–Crippen LogP) is 4.16. The van der Waals surface area contributed by atoms with Crippen LogP contribution in [0.25, 0.3) is 0 Å². The smallest absolute Gasteiger partial charge is 0.226 e. The molecule has 4 rings (SSSR count). The van der Waals surface area contributed by atoms with E-state index in [0.29, 0.717) is 5.91 Å². The van der Waals surface area contributed by atoms with E-state index in [-0.39, 0.29) is 5.92 Å². The van der Waals surface area contributed by atoms with Crippen LogP contribution in [-0.4, -0.2) is 59.9 Å². The molecule has 1 atom stereocenters. The third kappa shape index (κ3) is 5.70. The number of nitrogens with zero attached hydrogens (tertiary/aromatic N) is 3. The molecule has 32 heavy (non-hydrogen) atoms. The van der Waals surface area contributed by atoms with Crippen LogP contribution in [0.1, 0.15) is 43.4 Å². The summed E-state index contributed by atoms with van der Waals surface area (Å²) < 4.78 is 6.06. The molecule has 1 amide bonds. The number of carbonyl (C=O) groups excluding carboxylic acids is 1. The third-order valence-corrected chi connectivity index (χ3v) is 6.77. The summed E-state index contributed by atoms with van der Waals surface area (Å²) in [5.41, 5.74) is 3.91. The Balaban J connectivity index is 1.40. The zero-order valence-corrected chi connectivity index (χ0v) is 19.6. The standard InChI is InChI=1S/C27H37N3O2/c1-3-30(4-2)27(31)24-11-8-14-28(20-24)19-23-12-13-26-25(17-23)21-29(15-16-32-26)18-22-9-6-5-7-10-22/h5-7,9-10,12-13,17,24H,3-4,8,11,14-16,18-21H2,1-2H3/t24-/m0/s1. The molecule has 0 unspecified atom stereocenters. The van der Waals surface area contributed by atoms with Gasteiger partial charge in [-0.05, 0) is 56.5 Å². The maximum absolute atomic E-state index is 12.9. The molecule has 172 valence electrons. The summed E-state index contributed by atoms with van der Waals surface area (Å²) in [5.74, 6) is 1.47. The maximum Gasteiger partial charge on any atom is 0.226 e. The first kappa shape index (κ1) is 22.8. The van der Waals surface area contributed by atoms with Crippen LogP contribution in [0, 0.1) is 5.92 Å². The summed E-state index contributed by atoms with van der Waals surface area (Å²) in [5, 5.41) is 0. The molecule has 0 bridgehead atoms. The number of hydrogen-bond acceptors (Lipinski definition) is 4. The Morgan fingerprint density at radius 1 is 1.00 bits per heavy atom. The first-order chi connectivity index (χ1) is 15.7. The minimum Gasteiger partial charge on any atom is -0.492 e. The minimum absolute atomic E-state index is 0.133. The second-order valence-electron chi connectivity index (χ2n) is 9.07. The first-order valence-electron chi connectivity index (χ1n) is 12.2. The third-order valence-electron chi connectivity index (χ3n) is 6.77. The van der Waals surface area contributed by atoms with Gasteiger partial charge in [-0.3, -0.25) is 14.6 Å². The lowest BCUT2D eigenvalue weighted by atomic mass is 9.95. The van der Waals surface area contributed by atoms with Crippen LogP contribution < -0.4 is 4.74 Å². The van der Waals surface area contributed by atoms with Crippen LogP contribution in [0.15, 0.2) is 48.5 Å². The number of hydrogen-bond donors (Lipinski definition) is 0. The van der Waals surface area contributed by atoms with E-state index in [1.54, 1.807) is 0 Å². The van der Waals surface area contributed by atoms with E-state index < -0.39 is 0 Å². The molecule has 0 aliphatic carbocycles. The summed E-state index contributed by atoms with van der Waals surface area (Å²) in [6, 6.07) is 17.3. The van der Waals surface area contributed by atoms with Crippen LogP contribution in [-0.2, 0) is 24.4 Å². The van der Waals surface area contributed by atoms with Crippen molar-refractivity contribution < 1.29 is 9.53 Å². The van der Waals surface area contributed by atoms with Crippen molar-refractivity contribution in [3.05, 3.63) is 65.2 Å². The van der Waals surface area contributed by atoms with Crippen molar-refractivity contribution in [3.8, 4) is 5.75 Å². The highest BCUT2D eigenvalue weighted by atomic mass is 16.5. The largest absolute Gasteiger partial charge is 0.492 e. The average molecular weight is 436 g/mol. The Labute approximate surface area is 193 Å². The van der Waals surface area contributed by atoms with Gasteiger partial charge in [-0.15, -0.1) is 0 Å². The molecular weight excluding hydrogens is 398 g/mol. The van der Waals surface area contributed by atoms with Crippen molar-refractivity contribution >= 4 is 5.91 Å². The fourth-order valence-electron chi connectivity index (χ4n) is 5.03. The molecule has 2 aliphatic heterocycles. The topological polar surface area (TPSA) is 36.0 Å². The van der Waals surface area contributed by atoms with Crippen LogP contribution in [0.4, 0.5) is 0 Å². The van der Waals surface area contributed by atoms with Crippen LogP contribution in [0.5, 0.6) is 5.75 Å². The molecule has 0 saturated carbocycles. The van der Waals surface area contributed by atoms with Gasteiger partial charge in [-0.2, -0.15) is 0 Å². The van der Waals surface area contributed by atoms with Gasteiger partial charge in [0.05, 0.1) is 5.92 Å². The molecule has 2 aromatic rings. The van der Waals surface area contributed by atoms with Gasteiger partial charge in [0.15, 0.2) is 0 Å². The number of carbonyl (C=O) groups is 1. The maximum atomic E-state index is 12.9. The van der Waals surface area contributed by atoms with E-state index in [9.17, 15) is 4.79 Å². The number of piperidine rings is 1. The Morgan fingerprint density at radius 2 is 1.78 bits per heavy atom. The van der Waals surface area contributed by atoms with E-state index in [0.717, 1.165) is 77.6 Å².